The first-order valence-electron chi connectivity index (χ1n) is 6.82. The molecule has 0 amide bonds. The summed E-state index contributed by atoms with van der Waals surface area (Å²) in [5.41, 5.74) is 3.64. The summed E-state index contributed by atoms with van der Waals surface area (Å²) in [7, 11) is 0. The molecule has 0 unspecified atom stereocenters. The fraction of sp³-hybridized carbons (Fsp3) is 0.200. The van der Waals surface area contributed by atoms with Crippen molar-refractivity contribution in [2.45, 2.75) is 13.1 Å². The molecule has 114 valence electrons. The molecule has 0 atom stereocenters. The molecule has 0 spiro atoms. The molecule has 0 fully saturated rings. The Labute approximate surface area is 137 Å². The summed E-state index contributed by atoms with van der Waals surface area (Å²) in [6, 6.07) is 9.51. The van der Waals surface area contributed by atoms with Gasteiger partial charge in [0.2, 0.25) is 0 Å². The van der Waals surface area contributed by atoms with Crippen LogP contribution in [0.15, 0.2) is 42.0 Å². The Hall–Kier alpha value is -1.89. The number of anilines is 1. The molecule has 3 aromatic rings. The van der Waals surface area contributed by atoms with E-state index in [1.54, 1.807) is 21.5 Å². The maximum absolute atomic E-state index is 9.20. The Kier molecular flexibility index (Phi) is 4.72. The number of aliphatic hydroxyl groups is 1. The smallest absolute Gasteiger partial charge is 0.125 e. The third kappa shape index (κ3) is 3.47. The minimum atomic E-state index is 0.0387. The molecule has 0 aliphatic carbocycles. The summed E-state index contributed by atoms with van der Waals surface area (Å²) >= 11 is 7.52. The van der Waals surface area contributed by atoms with Crippen LogP contribution in [0.4, 0.5) is 5.82 Å². The summed E-state index contributed by atoms with van der Waals surface area (Å²) in [6.07, 6.45) is 1.84. The first-order chi connectivity index (χ1) is 10.8. The number of aliphatic hydroxyl groups excluding tert-OH is 1. The molecule has 0 radical (unpaired) electrons. The highest BCUT2D eigenvalue weighted by atomic mass is 35.5. The lowest BCUT2D eigenvalue weighted by Gasteiger charge is -2.06. The SMILES string of the molecule is OCCn1nc(-c2ccc(Cl)cc2)cc1NCc1cncs1. The number of halogens is 1. The largest absolute Gasteiger partial charge is 0.394 e. The van der Waals surface area contributed by atoms with Gasteiger partial charge in [-0.25, -0.2) is 4.68 Å². The lowest BCUT2D eigenvalue weighted by Crippen LogP contribution is -2.09. The lowest BCUT2D eigenvalue weighted by atomic mass is 10.1. The van der Waals surface area contributed by atoms with E-state index in [0.29, 0.717) is 18.1 Å². The second-order valence-corrected chi connectivity index (χ2v) is 6.10. The van der Waals surface area contributed by atoms with E-state index in [1.165, 1.54) is 0 Å². The highest BCUT2D eigenvalue weighted by Crippen LogP contribution is 2.24. The Morgan fingerprint density at radius 1 is 1.27 bits per heavy atom. The van der Waals surface area contributed by atoms with E-state index >= 15 is 0 Å². The maximum Gasteiger partial charge on any atom is 0.125 e. The summed E-state index contributed by atoms with van der Waals surface area (Å²) < 4.78 is 1.77. The number of hydrogen-bond acceptors (Lipinski definition) is 5. The van der Waals surface area contributed by atoms with Gasteiger partial charge in [-0.05, 0) is 12.1 Å². The van der Waals surface area contributed by atoms with Crippen LogP contribution in [-0.4, -0.2) is 26.5 Å². The summed E-state index contributed by atoms with van der Waals surface area (Å²) in [4.78, 5) is 5.20. The zero-order valence-corrected chi connectivity index (χ0v) is 13.3. The Bertz CT molecular complexity index is 725. The normalized spacial score (nSPS) is 10.8. The van der Waals surface area contributed by atoms with E-state index < -0.39 is 0 Å². The Morgan fingerprint density at radius 2 is 2.09 bits per heavy atom. The van der Waals surface area contributed by atoms with Gasteiger partial charge < -0.3 is 10.4 Å². The topological polar surface area (TPSA) is 63.0 Å². The summed E-state index contributed by atoms with van der Waals surface area (Å²) in [6.45, 7) is 1.16. The highest BCUT2D eigenvalue weighted by Gasteiger charge is 2.09. The minimum Gasteiger partial charge on any atom is -0.394 e. The molecule has 22 heavy (non-hydrogen) atoms. The van der Waals surface area contributed by atoms with Gasteiger partial charge in [0.1, 0.15) is 5.82 Å². The molecule has 0 saturated heterocycles. The number of hydrogen-bond donors (Lipinski definition) is 2. The molecular weight excluding hydrogens is 320 g/mol. The average molecular weight is 335 g/mol. The number of thiazole rings is 1. The second-order valence-electron chi connectivity index (χ2n) is 4.69. The van der Waals surface area contributed by atoms with Gasteiger partial charge in [0.25, 0.3) is 0 Å². The molecule has 0 saturated carbocycles. The summed E-state index contributed by atoms with van der Waals surface area (Å²) in [5, 5.41) is 17.8. The fourth-order valence-corrected chi connectivity index (χ4v) is 2.75. The van der Waals surface area contributed by atoms with Crippen molar-refractivity contribution in [1.29, 1.82) is 0 Å². The van der Waals surface area contributed by atoms with E-state index in [2.05, 4.69) is 15.4 Å². The second kappa shape index (κ2) is 6.91. The Balaban J connectivity index is 1.83. The maximum atomic E-state index is 9.20. The first-order valence-corrected chi connectivity index (χ1v) is 8.08. The van der Waals surface area contributed by atoms with Crippen LogP contribution in [0, 0.1) is 0 Å². The van der Waals surface area contributed by atoms with Gasteiger partial charge in [-0.3, -0.25) is 4.98 Å². The summed E-state index contributed by atoms with van der Waals surface area (Å²) in [5.74, 6) is 0.868. The molecule has 2 aromatic heterocycles. The lowest BCUT2D eigenvalue weighted by molar-refractivity contribution is 0.270. The van der Waals surface area contributed by atoms with Crippen molar-refractivity contribution in [3.8, 4) is 11.3 Å². The third-order valence-electron chi connectivity index (χ3n) is 3.16. The molecule has 1 aromatic carbocycles. The van der Waals surface area contributed by atoms with Crippen LogP contribution in [0.3, 0.4) is 0 Å². The molecule has 2 N–H and O–H groups in total. The van der Waals surface area contributed by atoms with Crippen molar-refractivity contribution in [3.63, 3.8) is 0 Å². The van der Waals surface area contributed by atoms with E-state index in [-0.39, 0.29) is 6.61 Å². The van der Waals surface area contributed by atoms with Crippen LogP contribution in [0.1, 0.15) is 4.88 Å². The average Bonchev–Trinajstić information content (AvgIpc) is 3.16. The predicted octanol–water partition coefficient (Wildman–Crippen LogP) is 3.26. The van der Waals surface area contributed by atoms with E-state index in [0.717, 1.165) is 22.0 Å². The number of rotatable bonds is 6. The van der Waals surface area contributed by atoms with Crippen molar-refractivity contribution >= 4 is 28.8 Å². The third-order valence-corrected chi connectivity index (χ3v) is 4.19. The first kappa shape index (κ1) is 15.0. The van der Waals surface area contributed by atoms with E-state index in [9.17, 15) is 5.11 Å². The highest BCUT2D eigenvalue weighted by molar-refractivity contribution is 7.09. The van der Waals surface area contributed by atoms with Gasteiger partial charge in [0.05, 0.1) is 30.9 Å². The van der Waals surface area contributed by atoms with Crippen LogP contribution >= 0.6 is 22.9 Å². The molecular formula is C15H15ClN4OS. The van der Waals surface area contributed by atoms with Crippen LogP contribution < -0.4 is 5.32 Å². The minimum absolute atomic E-state index is 0.0387. The number of aromatic nitrogens is 3. The van der Waals surface area contributed by atoms with Gasteiger partial charge in [-0.1, -0.05) is 23.7 Å². The molecule has 0 aliphatic rings. The van der Waals surface area contributed by atoms with Crippen molar-refractivity contribution in [3.05, 3.63) is 51.9 Å². The van der Waals surface area contributed by atoms with Gasteiger partial charge >= 0.3 is 0 Å². The van der Waals surface area contributed by atoms with Gasteiger partial charge in [-0.2, -0.15) is 5.10 Å². The van der Waals surface area contributed by atoms with Crippen molar-refractivity contribution in [2.75, 3.05) is 11.9 Å². The van der Waals surface area contributed by atoms with Crippen LogP contribution in [0.5, 0.6) is 0 Å². The molecule has 0 bridgehead atoms. The van der Waals surface area contributed by atoms with Crippen molar-refractivity contribution in [1.82, 2.24) is 14.8 Å². The van der Waals surface area contributed by atoms with Crippen LogP contribution in [0.25, 0.3) is 11.3 Å². The standard InChI is InChI=1S/C15H15ClN4OS/c16-12-3-1-11(2-4-12)14-7-15(20(19-14)5-6-21)18-9-13-8-17-10-22-13/h1-4,7-8,10,18,21H,5-6,9H2. The van der Waals surface area contributed by atoms with Gasteiger partial charge in [0.15, 0.2) is 0 Å². The van der Waals surface area contributed by atoms with Crippen molar-refractivity contribution < 1.29 is 5.11 Å². The van der Waals surface area contributed by atoms with E-state index in [4.69, 9.17) is 11.6 Å². The van der Waals surface area contributed by atoms with Gasteiger partial charge in [-0.15, -0.1) is 11.3 Å². The van der Waals surface area contributed by atoms with Crippen LogP contribution in [-0.2, 0) is 13.1 Å². The monoisotopic (exact) mass is 334 g/mol. The number of nitrogens with one attached hydrogen (secondary N) is 1. The number of benzene rings is 1. The van der Waals surface area contributed by atoms with Crippen molar-refractivity contribution in [2.24, 2.45) is 0 Å². The predicted molar refractivity (Wildman–Crippen MR) is 89.2 cm³/mol. The molecule has 7 heteroatoms. The number of nitrogens with zero attached hydrogens (tertiary/aromatic N) is 3. The molecule has 5 nitrogen and oxygen atoms in total. The van der Waals surface area contributed by atoms with E-state index in [1.807, 2.05) is 36.5 Å². The fourth-order valence-electron chi connectivity index (χ4n) is 2.09. The Morgan fingerprint density at radius 3 is 2.77 bits per heavy atom. The quantitative estimate of drug-likeness (QED) is 0.726. The molecule has 0 aliphatic heterocycles. The van der Waals surface area contributed by atoms with Gasteiger partial charge in [0, 0.05) is 27.7 Å². The zero-order chi connectivity index (χ0) is 15.4. The zero-order valence-electron chi connectivity index (χ0n) is 11.7. The van der Waals surface area contributed by atoms with Crippen LogP contribution in [0.2, 0.25) is 5.02 Å². The molecule has 2 heterocycles. The molecule has 3 rings (SSSR count).